The van der Waals surface area contributed by atoms with Crippen LogP contribution in [0.25, 0.3) is 11.4 Å². The van der Waals surface area contributed by atoms with E-state index < -0.39 is 4.92 Å². The zero-order valence-electron chi connectivity index (χ0n) is 11.7. The van der Waals surface area contributed by atoms with Crippen molar-refractivity contribution in [1.82, 2.24) is 14.8 Å². The number of hydrogen-bond donors (Lipinski definition) is 0. The number of nitro groups is 1. The fraction of sp³-hybridized carbons (Fsp3) is 0.385. The minimum absolute atomic E-state index is 0.0526. The number of hydrogen-bond acceptors (Lipinski definition) is 5. The fourth-order valence-corrected chi connectivity index (χ4v) is 2.26. The Labute approximate surface area is 126 Å². The maximum atomic E-state index is 10.8. The van der Waals surface area contributed by atoms with Gasteiger partial charge in [-0.05, 0) is 18.6 Å². The molecular weight excluding hydrogens is 296 g/mol. The predicted molar refractivity (Wildman–Crippen MR) is 78.3 cm³/mol. The van der Waals surface area contributed by atoms with Crippen LogP contribution in [0.5, 0.6) is 0 Å². The molecule has 0 bridgehead atoms. The molecule has 1 aromatic carbocycles. The van der Waals surface area contributed by atoms with Crippen molar-refractivity contribution in [2.24, 2.45) is 0 Å². The van der Waals surface area contributed by atoms with Gasteiger partial charge in [-0.25, -0.2) is 0 Å². The number of aromatic nitrogens is 3. The number of benzene rings is 1. The second-order valence-corrected chi connectivity index (χ2v) is 4.74. The lowest BCUT2D eigenvalue weighted by Crippen LogP contribution is -2.09. The summed E-state index contributed by atoms with van der Waals surface area (Å²) in [5.41, 5.74) is 1.61. The van der Waals surface area contributed by atoms with Crippen LogP contribution in [0.1, 0.15) is 11.4 Å². The first kappa shape index (κ1) is 15.4. The Hall–Kier alpha value is -1.99. The van der Waals surface area contributed by atoms with E-state index in [1.807, 2.05) is 4.57 Å². The first-order valence-electron chi connectivity index (χ1n) is 6.31. The van der Waals surface area contributed by atoms with E-state index in [4.69, 9.17) is 16.3 Å². The van der Waals surface area contributed by atoms with Gasteiger partial charge in [0.25, 0.3) is 5.69 Å². The molecule has 0 fully saturated rings. The summed E-state index contributed by atoms with van der Waals surface area (Å²) in [6.07, 6.45) is 0. The molecule has 0 aliphatic carbocycles. The van der Waals surface area contributed by atoms with Gasteiger partial charge in [-0.15, -0.1) is 21.8 Å². The average Bonchev–Trinajstić information content (AvgIpc) is 2.87. The number of nitro benzene ring substituents is 1. The minimum Gasteiger partial charge on any atom is -0.383 e. The van der Waals surface area contributed by atoms with Crippen molar-refractivity contribution >= 4 is 17.3 Å². The summed E-state index contributed by atoms with van der Waals surface area (Å²) >= 11 is 5.86. The number of ether oxygens (including phenoxy) is 1. The van der Waals surface area contributed by atoms with Gasteiger partial charge in [-0.3, -0.25) is 10.1 Å². The van der Waals surface area contributed by atoms with Crippen LogP contribution in [0.4, 0.5) is 5.69 Å². The number of methoxy groups -OCH3 is 1. The number of non-ortho nitro benzene ring substituents is 1. The van der Waals surface area contributed by atoms with Gasteiger partial charge >= 0.3 is 0 Å². The Kier molecular flexibility index (Phi) is 4.87. The van der Waals surface area contributed by atoms with Crippen molar-refractivity contribution in [3.63, 3.8) is 0 Å². The van der Waals surface area contributed by atoms with Crippen molar-refractivity contribution in [3.8, 4) is 11.4 Å². The smallest absolute Gasteiger partial charge is 0.269 e. The van der Waals surface area contributed by atoms with Crippen LogP contribution < -0.4 is 0 Å². The van der Waals surface area contributed by atoms with E-state index in [0.29, 0.717) is 24.8 Å². The molecule has 8 heteroatoms. The summed E-state index contributed by atoms with van der Waals surface area (Å²) in [6, 6.07) is 4.65. The van der Waals surface area contributed by atoms with E-state index in [0.717, 1.165) is 11.1 Å². The Morgan fingerprint density at radius 2 is 2.19 bits per heavy atom. The zero-order valence-corrected chi connectivity index (χ0v) is 12.5. The monoisotopic (exact) mass is 310 g/mol. The minimum atomic E-state index is -0.420. The Bertz CT molecular complexity index is 657. The molecule has 0 aliphatic rings. The maximum Gasteiger partial charge on any atom is 0.269 e. The molecule has 0 radical (unpaired) electrons. The van der Waals surface area contributed by atoms with Crippen molar-refractivity contribution in [3.05, 3.63) is 39.7 Å². The van der Waals surface area contributed by atoms with Gasteiger partial charge in [0.2, 0.25) is 0 Å². The molecule has 2 rings (SSSR count). The summed E-state index contributed by atoms with van der Waals surface area (Å²) in [5.74, 6) is 1.51. The molecule has 0 N–H and O–H groups in total. The highest BCUT2D eigenvalue weighted by Crippen LogP contribution is 2.26. The van der Waals surface area contributed by atoms with Gasteiger partial charge < -0.3 is 9.30 Å². The standard InChI is InChI=1S/C13H15ClN4O3/c1-9-7-10(18(19)20)3-4-11(9)13-16-15-12(8-14)17(13)5-6-21-2/h3-4,7H,5-6,8H2,1-2H3. The lowest BCUT2D eigenvalue weighted by Gasteiger charge is -2.10. The molecule has 21 heavy (non-hydrogen) atoms. The summed E-state index contributed by atoms with van der Waals surface area (Å²) < 4.78 is 6.94. The van der Waals surface area contributed by atoms with E-state index in [9.17, 15) is 10.1 Å². The second-order valence-electron chi connectivity index (χ2n) is 4.47. The molecule has 0 spiro atoms. The van der Waals surface area contributed by atoms with Crippen LogP contribution in [0, 0.1) is 17.0 Å². The normalized spacial score (nSPS) is 10.8. The Morgan fingerprint density at radius 1 is 1.43 bits per heavy atom. The highest BCUT2D eigenvalue weighted by atomic mass is 35.5. The van der Waals surface area contributed by atoms with E-state index in [1.165, 1.54) is 12.1 Å². The molecule has 112 valence electrons. The molecule has 1 aromatic heterocycles. The van der Waals surface area contributed by atoms with Gasteiger partial charge in [0.1, 0.15) is 5.82 Å². The third-order valence-electron chi connectivity index (χ3n) is 3.13. The van der Waals surface area contributed by atoms with Crippen LogP contribution in [0.3, 0.4) is 0 Å². The quantitative estimate of drug-likeness (QED) is 0.465. The van der Waals surface area contributed by atoms with Crippen molar-refractivity contribution in [1.29, 1.82) is 0 Å². The highest BCUT2D eigenvalue weighted by molar-refractivity contribution is 6.16. The lowest BCUT2D eigenvalue weighted by atomic mass is 10.1. The van der Waals surface area contributed by atoms with Crippen molar-refractivity contribution in [2.75, 3.05) is 13.7 Å². The number of halogens is 1. The molecule has 0 unspecified atom stereocenters. The van der Waals surface area contributed by atoms with Crippen LogP contribution in [-0.2, 0) is 17.2 Å². The number of aryl methyl sites for hydroxylation is 1. The van der Waals surface area contributed by atoms with E-state index in [1.54, 1.807) is 20.1 Å². The molecule has 0 aliphatic heterocycles. The van der Waals surface area contributed by atoms with Crippen LogP contribution >= 0.6 is 11.6 Å². The van der Waals surface area contributed by atoms with Gasteiger partial charge in [0.15, 0.2) is 5.82 Å². The average molecular weight is 311 g/mol. The molecule has 2 aromatic rings. The molecule has 7 nitrogen and oxygen atoms in total. The maximum absolute atomic E-state index is 10.8. The highest BCUT2D eigenvalue weighted by Gasteiger charge is 2.16. The number of rotatable bonds is 6. The molecular formula is C13H15ClN4O3. The Balaban J connectivity index is 2.46. The topological polar surface area (TPSA) is 83.1 Å². The first-order chi connectivity index (χ1) is 10.1. The molecule has 0 atom stereocenters. The van der Waals surface area contributed by atoms with Crippen LogP contribution in [-0.4, -0.2) is 33.4 Å². The largest absolute Gasteiger partial charge is 0.383 e. The first-order valence-corrected chi connectivity index (χ1v) is 6.84. The van der Waals surface area contributed by atoms with Crippen LogP contribution in [0.2, 0.25) is 0 Å². The Morgan fingerprint density at radius 3 is 2.76 bits per heavy atom. The summed E-state index contributed by atoms with van der Waals surface area (Å²) in [6.45, 7) is 2.87. The van der Waals surface area contributed by atoms with Gasteiger partial charge in [0, 0.05) is 31.4 Å². The predicted octanol–water partition coefficient (Wildman–Crippen LogP) is 2.55. The molecule has 0 saturated carbocycles. The third-order valence-corrected chi connectivity index (χ3v) is 3.37. The van der Waals surface area contributed by atoms with Crippen LogP contribution in [0.15, 0.2) is 18.2 Å². The second kappa shape index (κ2) is 6.64. The molecule has 0 saturated heterocycles. The van der Waals surface area contributed by atoms with E-state index in [2.05, 4.69) is 10.2 Å². The number of alkyl halides is 1. The summed E-state index contributed by atoms with van der Waals surface area (Å²) in [5, 5.41) is 19.0. The third kappa shape index (κ3) is 3.20. The zero-order chi connectivity index (χ0) is 15.4. The lowest BCUT2D eigenvalue weighted by molar-refractivity contribution is -0.384. The number of nitrogens with zero attached hydrogens (tertiary/aromatic N) is 4. The van der Waals surface area contributed by atoms with Gasteiger partial charge in [-0.2, -0.15) is 0 Å². The van der Waals surface area contributed by atoms with Gasteiger partial charge in [-0.1, -0.05) is 0 Å². The fourth-order valence-electron chi connectivity index (χ4n) is 2.06. The van der Waals surface area contributed by atoms with E-state index >= 15 is 0 Å². The molecule has 0 amide bonds. The summed E-state index contributed by atoms with van der Waals surface area (Å²) in [7, 11) is 1.61. The van der Waals surface area contributed by atoms with Crippen molar-refractivity contribution in [2.45, 2.75) is 19.3 Å². The van der Waals surface area contributed by atoms with Crippen molar-refractivity contribution < 1.29 is 9.66 Å². The molecule has 1 heterocycles. The summed E-state index contributed by atoms with van der Waals surface area (Å²) in [4.78, 5) is 10.4. The van der Waals surface area contributed by atoms with E-state index in [-0.39, 0.29) is 11.6 Å². The SMILES string of the molecule is COCCn1c(CCl)nnc1-c1ccc([N+](=O)[O-])cc1C. The van der Waals surface area contributed by atoms with Gasteiger partial charge in [0.05, 0.1) is 17.4 Å².